The van der Waals surface area contributed by atoms with Crippen molar-refractivity contribution >= 4 is 23.4 Å². The molecular formula is C21H21ClO5. The Balaban J connectivity index is 1.57. The number of hydrogen-bond donors (Lipinski definition) is 0. The lowest BCUT2D eigenvalue weighted by Gasteiger charge is -2.21. The molecule has 0 amide bonds. The van der Waals surface area contributed by atoms with Gasteiger partial charge in [-0.15, -0.1) is 0 Å². The fourth-order valence-corrected chi connectivity index (χ4v) is 3.24. The Morgan fingerprint density at radius 2 is 1.96 bits per heavy atom. The molecule has 1 aliphatic rings. The van der Waals surface area contributed by atoms with Crippen molar-refractivity contribution < 1.29 is 23.8 Å². The highest BCUT2D eigenvalue weighted by atomic mass is 35.5. The largest absolute Gasteiger partial charge is 0.467 e. The maximum Gasteiger partial charge on any atom is 0.306 e. The van der Waals surface area contributed by atoms with E-state index in [4.69, 9.17) is 25.8 Å². The number of hydrogen-bond acceptors (Lipinski definition) is 5. The summed E-state index contributed by atoms with van der Waals surface area (Å²) in [5.74, 6) is 0.146. The predicted octanol–water partition coefficient (Wildman–Crippen LogP) is 4.53. The maximum atomic E-state index is 12.4. The SMILES string of the molecule is Cc1ccc(C)c(C(=O)CCC(=O)OCc2cc(Cl)cc3c2OCOC3)c1. The monoisotopic (exact) mass is 388 g/mol. The minimum absolute atomic E-state index is 0.0267. The van der Waals surface area contributed by atoms with Crippen molar-refractivity contribution in [2.24, 2.45) is 0 Å². The second-order valence-electron chi connectivity index (χ2n) is 6.57. The molecule has 0 bridgehead atoms. The Labute approximate surface area is 163 Å². The second-order valence-corrected chi connectivity index (χ2v) is 7.00. The number of carbonyl (C=O) groups excluding carboxylic acids is 2. The molecule has 3 rings (SSSR count). The molecule has 0 unspecified atom stereocenters. The van der Waals surface area contributed by atoms with Crippen molar-refractivity contribution in [3.8, 4) is 5.75 Å². The van der Waals surface area contributed by atoms with E-state index < -0.39 is 5.97 Å². The van der Waals surface area contributed by atoms with Crippen LogP contribution in [0.3, 0.4) is 0 Å². The lowest BCUT2D eigenvalue weighted by molar-refractivity contribution is -0.145. The number of rotatable bonds is 6. The maximum absolute atomic E-state index is 12.4. The van der Waals surface area contributed by atoms with Gasteiger partial charge in [0.15, 0.2) is 12.6 Å². The summed E-state index contributed by atoms with van der Waals surface area (Å²) in [6.07, 6.45) is 0.139. The highest BCUT2D eigenvalue weighted by Gasteiger charge is 2.18. The van der Waals surface area contributed by atoms with E-state index in [2.05, 4.69) is 0 Å². The van der Waals surface area contributed by atoms with Gasteiger partial charge in [-0.2, -0.15) is 0 Å². The molecule has 0 aromatic heterocycles. The molecule has 6 heteroatoms. The number of carbonyl (C=O) groups is 2. The molecule has 0 atom stereocenters. The molecular weight excluding hydrogens is 368 g/mol. The molecule has 0 radical (unpaired) electrons. The van der Waals surface area contributed by atoms with Crippen LogP contribution in [0.25, 0.3) is 0 Å². The van der Waals surface area contributed by atoms with Gasteiger partial charge in [-0.1, -0.05) is 29.3 Å². The van der Waals surface area contributed by atoms with Crippen LogP contribution in [-0.4, -0.2) is 18.5 Å². The smallest absolute Gasteiger partial charge is 0.306 e. The fourth-order valence-electron chi connectivity index (χ4n) is 2.98. The summed E-state index contributed by atoms with van der Waals surface area (Å²) in [5.41, 5.74) is 4.09. The van der Waals surface area contributed by atoms with E-state index in [1.807, 2.05) is 32.0 Å². The zero-order valence-corrected chi connectivity index (χ0v) is 16.1. The zero-order valence-electron chi connectivity index (χ0n) is 15.3. The van der Waals surface area contributed by atoms with Gasteiger partial charge in [0.2, 0.25) is 0 Å². The van der Waals surface area contributed by atoms with Gasteiger partial charge in [0.25, 0.3) is 0 Å². The molecule has 1 aliphatic heterocycles. The molecule has 2 aromatic carbocycles. The molecule has 0 saturated heterocycles. The van der Waals surface area contributed by atoms with E-state index in [1.165, 1.54) is 0 Å². The third kappa shape index (κ3) is 4.87. The van der Waals surface area contributed by atoms with Gasteiger partial charge in [-0.05, 0) is 37.6 Å². The van der Waals surface area contributed by atoms with Crippen LogP contribution in [0.15, 0.2) is 30.3 Å². The summed E-state index contributed by atoms with van der Waals surface area (Å²) in [4.78, 5) is 24.5. The Morgan fingerprint density at radius 3 is 2.78 bits per heavy atom. The molecule has 2 aromatic rings. The first-order valence-electron chi connectivity index (χ1n) is 8.72. The summed E-state index contributed by atoms with van der Waals surface area (Å²) in [6, 6.07) is 9.19. The predicted molar refractivity (Wildman–Crippen MR) is 101 cm³/mol. The van der Waals surface area contributed by atoms with Crippen LogP contribution >= 0.6 is 11.6 Å². The molecule has 142 valence electrons. The molecule has 0 N–H and O–H groups in total. The van der Waals surface area contributed by atoms with E-state index in [0.717, 1.165) is 16.7 Å². The van der Waals surface area contributed by atoms with Crippen LogP contribution in [0.2, 0.25) is 5.02 Å². The van der Waals surface area contributed by atoms with Crippen molar-refractivity contribution in [3.05, 3.63) is 63.2 Å². The van der Waals surface area contributed by atoms with Gasteiger partial charge in [-0.3, -0.25) is 9.59 Å². The van der Waals surface area contributed by atoms with Crippen molar-refractivity contribution in [1.82, 2.24) is 0 Å². The molecule has 0 saturated carbocycles. The van der Waals surface area contributed by atoms with E-state index in [0.29, 0.717) is 28.5 Å². The van der Waals surface area contributed by atoms with Crippen molar-refractivity contribution in [3.63, 3.8) is 0 Å². The van der Waals surface area contributed by atoms with E-state index in [-0.39, 0.29) is 32.0 Å². The average Bonchev–Trinajstić information content (AvgIpc) is 2.65. The highest BCUT2D eigenvalue weighted by molar-refractivity contribution is 6.30. The van der Waals surface area contributed by atoms with Crippen LogP contribution in [-0.2, 0) is 27.5 Å². The lowest BCUT2D eigenvalue weighted by atomic mass is 9.99. The van der Waals surface area contributed by atoms with Gasteiger partial charge < -0.3 is 14.2 Å². The fraction of sp³-hybridized carbons (Fsp3) is 0.333. The summed E-state index contributed by atoms with van der Waals surface area (Å²) < 4.78 is 16.0. The first-order valence-corrected chi connectivity index (χ1v) is 9.10. The third-order valence-corrected chi connectivity index (χ3v) is 4.61. The topological polar surface area (TPSA) is 61.8 Å². The van der Waals surface area contributed by atoms with Crippen molar-refractivity contribution in [2.45, 2.75) is 39.9 Å². The quantitative estimate of drug-likeness (QED) is 0.537. The highest BCUT2D eigenvalue weighted by Crippen LogP contribution is 2.32. The van der Waals surface area contributed by atoms with Crippen LogP contribution in [0.4, 0.5) is 0 Å². The molecule has 0 spiro atoms. The zero-order chi connectivity index (χ0) is 19.4. The van der Waals surface area contributed by atoms with Crippen molar-refractivity contribution in [2.75, 3.05) is 6.79 Å². The van der Waals surface area contributed by atoms with E-state index in [1.54, 1.807) is 12.1 Å². The first-order chi connectivity index (χ1) is 12.9. The van der Waals surface area contributed by atoms with Crippen molar-refractivity contribution in [1.29, 1.82) is 0 Å². The average molecular weight is 389 g/mol. The minimum atomic E-state index is -0.436. The van der Waals surface area contributed by atoms with Gasteiger partial charge in [-0.25, -0.2) is 0 Å². The first kappa shape index (κ1) is 19.4. The molecule has 5 nitrogen and oxygen atoms in total. The number of ether oxygens (including phenoxy) is 3. The van der Waals surface area contributed by atoms with Crippen LogP contribution < -0.4 is 4.74 Å². The van der Waals surface area contributed by atoms with Crippen LogP contribution in [0.1, 0.15) is 45.5 Å². The van der Waals surface area contributed by atoms with Crippen LogP contribution in [0.5, 0.6) is 5.75 Å². The van der Waals surface area contributed by atoms with Gasteiger partial charge in [0, 0.05) is 28.1 Å². The minimum Gasteiger partial charge on any atom is -0.467 e. The lowest BCUT2D eigenvalue weighted by Crippen LogP contribution is -2.14. The Hall–Kier alpha value is -2.37. The second kappa shape index (κ2) is 8.55. The standard InChI is InChI=1S/C21H21ClO5/c1-13-3-4-14(2)18(7-13)19(23)5-6-20(24)26-11-16-9-17(22)8-15-10-25-12-27-21(15)16/h3-4,7-9H,5-6,10-12H2,1-2H3. The summed E-state index contributed by atoms with van der Waals surface area (Å²) in [6.45, 7) is 4.42. The normalized spacial score (nSPS) is 12.9. The van der Waals surface area contributed by atoms with E-state index in [9.17, 15) is 9.59 Å². The van der Waals surface area contributed by atoms with Crippen LogP contribution in [0, 0.1) is 13.8 Å². The summed E-state index contributed by atoms with van der Waals surface area (Å²) in [5, 5.41) is 0.527. The molecule has 27 heavy (non-hydrogen) atoms. The number of halogens is 1. The summed E-state index contributed by atoms with van der Waals surface area (Å²) in [7, 11) is 0. The third-order valence-electron chi connectivity index (χ3n) is 4.39. The Kier molecular flexibility index (Phi) is 6.14. The molecule has 0 fully saturated rings. The molecule has 1 heterocycles. The number of fused-ring (bicyclic) bond motifs is 1. The summed E-state index contributed by atoms with van der Waals surface area (Å²) >= 11 is 6.10. The van der Waals surface area contributed by atoms with Gasteiger partial charge in [0.05, 0.1) is 13.0 Å². The Bertz CT molecular complexity index is 875. The number of benzene rings is 2. The van der Waals surface area contributed by atoms with Gasteiger partial charge >= 0.3 is 5.97 Å². The number of esters is 1. The number of aryl methyl sites for hydroxylation is 2. The number of Topliss-reactive ketones (excluding diaryl/α,β-unsaturated/α-hetero) is 1. The van der Waals surface area contributed by atoms with E-state index >= 15 is 0 Å². The number of ketones is 1. The molecule has 0 aliphatic carbocycles. The Morgan fingerprint density at radius 1 is 1.15 bits per heavy atom. The van der Waals surface area contributed by atoms with Gasteiger partial charge in [0.1, 0.15) is 12.4 Å².